The zero-order valence-corrected chi connectivity index (χ0v) is 17.4. The first-order valence-electron chi connectivity index (χ1n) is 10.1. The van der Waals surface area contributed by atoms with Gasteiger partial charge in [0, 0.05) is 19.1 Å². The lowest BCUT2D eigenvalue weighted by Crippen LogP contribution is -2.46. The molecule has 28 heavy (non-hydrogen) atoms. The number of nitrogens with one attached hydrogen (secondary N) is 1. The Morgan fingerprint density at radius 2 is 1.86 bits per heavy atom. The normalized spacial score (nSPS) is 14.5. The first-order chi connectivity index (χ1) is 13.7. The average Bonchev–Trinajstić information content (AvgIpc) is 2.74. The maximum atomic E-state index is 9.87. The SMILES string of the molecule is COc1cc(CN(C(=S)NCCc2ccccc2)C2CCCCC2)ccc1O. The number of methoxy groups -OCH3 is 1. The van der Waals surface area contributed by atoms with Crippen LogP contribution in [0.15, 0.2) is 48.5 Å². The molecule has 2 N–H and O–H groups in total. The average molecular weight is 399 g/mol. The molecule has 0 saturated heterocycles. The molecule has 3 rings (SSSR count). The maximum absolute atomic E-state index is 9.87. The van der Waals surface area contributed by atoms with E-state index in [9.17, 15) is 5.11 Å². The molecule has 0 aliphatic heterocycles. The van der Waals surface area contributed by atoms with Crippen molar-refractivity contribution in [3.8, 4) is 11.5 Å². The minimum atomic E-state index is 0.166. The van der Waals surface area contributed by atoms with Crippen LogP contribution in [0, 0.1) is 0 Å². The number of rotatable bonds is 7. The van der Waals surface area contributed by atoms with Gasteiger partial charge in [0.05, 0.1) is 7.11 Å². The smallest absolute Gasteiger partial charge is 0.169 e. The van der Waals surface area contributed by atoms with Crippen molar-refractivity contribution in [1.29, 1.82) is 0 Å². The number of phenols is 1. The van der Waals surface area contributed by atoms with Crippen molar-refractivity contribution in [2.24, 2.45) is 0 Å². The molecule has 5 heteroatoms. The van der Waals surface area contributed by atoms with E-state index in [1.807, 2.05) is 18.2 Å². The zero-order chi connectivity index (χ0) is 19.8. The molecule has 0 radical (unpaired) electrons. The maximum Gasteiger partial charge on any atom is 0.169 e. The fourth-order valence-corrected chi connectivity index (χ4v) is 4.15. The van der Waals surface area contributed by atoms with E-state index in [1.165, 1.54) is 37.7 Å². The van der Waals surface area contributed by atoms with Crippen LogP contribution in [0.25, 0.3) is 0 Å². The Balaban J connectivity index is 1.66. The van der Waals surface area contributed by atoms with Gasteiger partial charge < -0.3 is 20.1 Å². The van der Waals surface area contributed by atoms with Crippen molar-refractivity contribution in [2.75, 3.05) is 13.7 Å². The molecule has 4 nitrogen and oxygen atoms in total. The largest absolute Gasteiger partial charge is 0.504 e. The standard InChI is InChI=1S/C23H30N2O2S/c1-27-22-16-19(12-13-21(22)26)17-25(20-10-6-3-7-11-20)23(28)24-15-14-18-8-4-2-5-9-18/h2,4-5,8-9,12-13,16,20,26H,3,6-7,10-11,14-15,17H2,1H3,(H,24,28). The molecule has 2 aromatic carbocycles. The molecule has 1 aliphatic rings. The molecule has 150 valence electrons. The summed E-state index contributed by atoms with van der Waals surface area (Å²) in [5, 5.41) is 14.2. The van der Waals surface area contributed by atoms with Crippen molar-refractivity contribution in [1.82, 2.24) is 10.2 Å². The fraction of sp³-hybridized carbons (Fsp3) is 0.435. The summed E-state index contributed by atoms with van der Waals surface area (Å²) < 4.78 is 5.27. The first kappa shape index (κ1) is 20.5. The lowest BCUT2D eigenvalue weighted by Gasteiger charge is -2.36. The van der Waals surface area contributed by atoms with Crippen LogP contribution in [0.3, 0.4) is 0 Å². The van der Waals surface area contributed by atoms with Crippen molar-refractivity contribution >= 4 is 17.3 Å². The van der Waals surface area contributed by atoms with Gasteiger partial charge >= 0.3 is 0 Å². The summed E-state index contributed by atoms with van der Waals surface area (Å²) in [4.78, 5) is 2.32. The van der Waals surface area contributed by atoms with Crippen molar-refractivity contribution in [2.45, 2.75) is 51.1 Å². The molecule has 1 aliphatic carbocycles. The van der Waals surface area contributed by atoms with E-state index in [4.69, 9.17) is 17.0 Å². The van der Waals surface area contributed by atoms with Gasteiger partial charge in [-0.05, 0) is 54.7 Å². The highest BCUT2D eigenvalue weighted by molar-refractivity contribution is 7.80. The Morgan fingerprint density at radius 1 is 1.11 bits per heavy atom. The molecule has 0 aromatic heterocycles. The van der Waals surface area contributed by atoms with E-state index >= 15 is 0 Å². The summed E-state index contributed by atoms with van der Waals surface area (Å²) in [5.41, 5.74) is 2.40. The predicted molar refractivity (Wildman–Crippen MR) is 118 cm³/mol. The fourth-order valence-electron chi connectivity index (χ4n) is 3.84. The first-order valence-corrected chi connectivity index (χ1v) is 10.5. The van der Waals surface area contributed by atoms with Crippen LogP contribution in [0.5, 0.6) is 11.5 Å². The minimum Gasteiger partial charge on any atom is -0.504 e. The lowest BCUT2D eigenvalue weighted by molar-refractivity contribution is 0.235. The zero-order valence-electron chi connectivity index (χ0n) is 16.6. The molecule has 0 unspecified atom stereocenters. The van der Waals surface area contributed by atoms with Gasteiger partial charge in [-0.25, -0.2) is 0 Å². The molecule has 2 aromatic rings. The number of phenolic OH excluding ortho intramolecular Hbond substituents is 1. The van der Waals surface area contributed by atoms with Gasteiger partial charge in [0.15, 0.2) is 16.6 Å². The summed E-state index contributed by atoms with van der Waals surface area (Å²) in [5.74, 6) is 0.670. The second kappa shape index (κ2) is 10.3. The summed E-state index contributed by atoms with van der Waals surface area (Å²) in [6.45, 7) is 1.55. The second-order valence-corrected chi connectivity index (χ2v) is 7.78. The Kier molecular flexibility index (Phi) is 7.54. The summed E-state index contributed by atoms with van der Waals surface area (Å²) in [6.07, 6.45) is 7.13. The van der Waals surface area contributed by atoms with Gasteiger partial charge in [-0.15, -0.1) is 0 Å². The Labute approximate surface area is 173 Å². The number of benzene rings is 2. The highest BCUT2D eigenvalue weighted by atomic mass is 32.1. The molecule has 0 spiro atoms. The number of nitrogens with zero attached hydrogens (tertiary/aromatic N) is 1. The molecule has 0 amide bonds. The van der Waals surface area contributed by atoms with Gasteiger partial charge in [0.25, 0.3) is 0 Å². The van der Waals surface area contributed by atoms with E-state index in [1.54, 1.807) is 13.2 Å². The van der Waals surface area contributed by atoms with Crippen molar-refractivity contribution in [3.63, 3.8) is 0 Å². The van der Waals surface area contributed by atoms with Gasteiger partial charge in [-0.2, -0.15) is 0 Å². The van der Waals surface area contributed by atoms with E-state index in [2.05, 4.69) is 34.5 Å². The van der Waals surface area contributed by atoms with E-state index < -0.39 is 0 Å². The quantitative estimate of drug-likeness (QED) is 0.665. The van der Waals surface area contributed by atoms with Gasteiger partial charge in [0.1, 0.15) is 0 Å². The van der Waals surface area contributed by atoms with Gasteiger partial charge in [-0.1, -0.05) is 55.7 Å². The molecule has 0 bridgehead atoms. The van der Waals surface area contributed by atoms with Gasteiger partial charge in [0.2, 0.25) is 0 Å². The minimum absolute atomic E-state index is 0.166. The van der Waals surface area contributed by atoms with Crippen molar-refractivity contribution < 1.29 is 9.84 Å². The number of thiocarbonyl (C=S) groups is 1. The van der Waals surface area contributed by atoms with Crippen LogP contribution in [-0.4, -0.2) is 34.8 Å². The number of aromatic hydroxyl groups is 1. The number of ether oxygens (including phenoxy) is 1. The summed E-state index contributed by atoms with van der Waals surface area (Å²) in [6, 6.07) is 16.5. The monoisotopic (exact) mass is 398 g/mol. The summed E-state index contributed by atoms with van der Waals surface area (Å²) >= 11 is 5.79. The Hall–Kier alpha value is -2.27. The van der Waals surface area contributed by atoms with Crippen LogP contribution >= 0.6 is 12.2 Å². The number of hydrogen-bond acceptors (Lipinski definition) is 3. The molecule has 1 saturated carbocycles. The van der Waals surface area contributed by atoms with Crippen LogP contribution in [0.2, 0.25) is 0 Å². The van der Waals surface area contributed by atoms with Crippen LogP contribution in [0.1, 0.15) is 43.2 Å². The highest BCUT2D eigenvalue weighted by Crippen LogP contribution is 2.29. The third-order valence-electron chi connectivity index (χ3n) is 5.41. The molecular formula is C23H30N2O2S. The highest BCUT2D eigenvalue weighted by Gasteiger charge is 2.23. The van der Waals surface area contributed by atoms with E-state index in [0.29, 0.717) is 11.8 Å². The molecule has 0 heterocycles. The molecular weight excluding hydrogens is 368 g/mol. The van der Waals surface area contributed by atoms with E-state index in [-0.39, 0.29) is 5.75 Å². The number of hydrogen-bond donors (Lipinski definition) is 2. The van der Waals surface area contributed by atoms with Crippen molar-refractivity contribution in [3.05, 3.63) is 59.7 Å². The van der Waals surface area contributed by atoms with Crippen LogP contribution in [0.4, 0.5) is 0 Å². The third-order valence-corrected chi connectivity index (χ3v) is 5.78. The van der Waals surface area contributed by atoms with Crippen LogP contribution < -0.4 is 10.1 Å². The molecule has 0 atom stereocenters. The predicted octanol–water partition coefficient (Wildman–Crippen LogP) is 4.65. The topological polar surface area (TPSA) is 44.7 Å². The second-order valence-electron chi connectivity index (χ2n) is 7.39. The Morgan fingerprint density at radius 3 is 2.57 bits per heavy atom. The lowest BCUT2D eigenvalue weighted by atomic mass is 9.94. The summed E-state index contributed by atoms with van der Waals surface area (Å²) in [7, 11) is 1.58. The third kappa shape index (κ3) is 5.61. The van der Waals surface area contributed by atoms with Crippen LogP contribution in [-0.2, 0) is 13.0 Å². The molecule has 1 fully saturated rings. The Bertz CT molecular complexity index is 760. The van der Waals surface area contributed by atoms with Gasteiger partial charge in [-0.3, -0.25) is 0 Å². The van der Waals surface area contributed by atoms with E-state index in [0.717, 1.165) is 30.2 Å².